The maximum absolute atomic E-state index is 12.3. The van der Waals surface area contributed by atoms with Crippen LogP contribution < -0.4 is 9.46 Å². The van der Waals surface area contributed by atoms with Gasteiger partial charge in [-0.2, -0.15) is 0 Å². The number of hydrogen-bond acceptors (Lipinski definition) is 3. The molecule has 0 aliphatic rings. The fraction of sp³-hybridized carbons (Fsp3) is 0.0769. The minimum absolute atomic E-state index is 0.179. The van der Waals surface area contributed by atoms with E-state index in [0.717, 1.165) is 12.1 Å². The largest absolute Gasteiger partial charge is 0.573 e. The van der Waals surface area contributed by atoms with Gasteiger partial charge in [0.2, 0.25) is 0 Å². The van der Waals surface area contributed by atoms with Crippen LogP contribution in [0, 0.1) is 0 Å². The van der Waals surface area contributed by atoms with Crippen molar-refractivity contribution in [3.05, 3.63) is 53.6 Å². The Hall–Kier alpha value is -1.93. The molecule has 1 N–H and O–H groups in total. The summed E-state index contributed by atoms with van der Waals surface area (Å²) in [6.45, 7) is 0. The van der Waals surface area contributed by atoms with Gasteiger partial charge in [-0.05, 0) is 30.3 Å². The van der Waals surface area contributed by atoms with Crippen LogP contribution in [0.3, 0.4) is 0 Å². The molecule has 0 saturated heterocycles. The summed E-state index contributed by atoms with van der Waals surface area (Å²) in [5.41, 5.74) is -0.334. The highest BCUT2D eigenvalue weighted by Gasteiger charge is 2.32. The van der Waals surface area contributed by atoms with Crippen LogP contribution in [0.1, 0.15) is 0 Å². The molecule has 0 atom stereocenters. The SMILES string of the molecule is O=S(=O)(Nc1ccccc1OC(F)(F)F)c1cccc(Cl)c1. The molecular formula is C13H9ClF3NO3S. The van der Waals surface area contributed by atoms with Crippen molar-refractivity contribution in [1.82, 2.24) is 0 Å². The summed E-state index contributed by atoms with van der Waals surface area (Å²) >= 11 is 5.71. The van der Waals surface area contributed by atoms with E-state index in [1.165, 1.54) is 36.4 Å². The third kappa shape index (κ3) is 4.28. The van der Waals surface area contributed by atoms with Crippen LogP contribution in [-0.4, -0.2) is 14.8 Å². The van der Waals surface area contributed by atoms with Crippen molar-refractivity contribution < 1.29 is 26.3 Å². The first kappa shape index (κ1) is 16.4. The lowest BCUT2D eigenvalue weighted by molar-refractivity contribution is -0.274. The topological polar surface area (TPSA) is 55.4 Å². The second kappa shape index (κ2) is 6.05. The van der Waals surface area contributed by atoms with E-state index in [0.29, 0.717) is 0 Å². The van der Waals surface area contributed by atoms with E-state index < -0.39 is 22.1 Å². The quantitative estimate of drug-likeness (QED) is 0.904. The van der Waals surface area contributed by atoms with Crippen molar-refractivity contribution in [2.45, 2.75) is 11.3 Å². The van der Waals surface area contributed by atoms with E-state index >= 15 is 0 Å². The minimum Gasteiger partial charge on any atom is -0.404 e. The molecular weight excluding hydrogens is 343 g/mol. The number of sulfonamides is 1. The molecule has 4 nitrogen and oxygen atoms in total. The van der Waals surface area contributed by atoms with Crippen LogP contribution in [0.25, 0.3) is 0 Å². The molecule has 2 aromatic rings. The highest BCUT2D eigenvalue weighted by molar-refractivity contribution is 7.92. The number of alkyl halides is 3. The van der Waals surface area contributed by atoms with Gasteiger partial charge in [-0.25, -0.2) is 8.42 Å². The molecule has 0 aliphatic carbocycles. The Morgan fingerprint density at radius 3 is 2.36 bits per heavy atom. The van der Waals surface area contributed by atoms with E-state index in [-0.39, 0.29) is 15.6 Å². The van der Waals surface area contributed by atoms with Gasteiger partial charge in [-0.1, -0.05) is 29.8 Å². The van der Waals surface area contributed by atoms with Gasteiger partial charge in [-0.3, -0.25) is 4.72 Å². The zero-order valence-corrected chi connectivity index (χ0v) is 12.3. The Bertz CT molecular complexity index is 778. The fourth-order valence-electron chi connectivity index (χ4n) is 1.60. The lowest BCUT2D eigenvalue weighted by atomic mass is 10.3. The van der Waals surface area contributed by atoms with Gasteiger partial charge in [0.1, 0.15) is 0 Å². The van der Waals surface area contributed by atoms with Gasteiger partial charge in [0, 0.05) is 5.02 Å². The van der Waals surface area contributed by atoms with Crippen molar-refractivity contribution in [3.63, 3.8) is 0 Å². The maximum atomic E-state index is 12.3. The summed E-state index contributed by atoms with van der Waals surface area (Å²) < 4.78 is 67.1. The molecule has 0 aliphatic heterocycles. The molecule has 0 fully saturated rings. The number of halogens is 4. The van der Waals surface area contributed by atoms with Gasteiger partial charge < -0.3 is 4.74 Å². The van der Waals surface area contributed by atoms with Crippen LogP contribution in [-0.2, 0) is 10.0 Å². The molecule has 2 rings (SSSR count). The predicted octanol–water partition coefficient (Wildman–Crippen LogP) is 4.04. The first-order valence-electron chi connectivity index (χ1n) is 5.80. The van der Waals surface area contributed by atoms with Gasteiger partial charge >= 0.3 is 6.36 Å². The molecule has 0 heterocycles. The molecule has 9 heteroatoms. The van der Waals surface area contributed by atoms with E-state index in [4.69, 9.17) is 11.6 Å². The summed E-state index contributed by atoms with van der Waals surface area (Å²) in [6, 6.07) is 10.2. The van der Waals surface area contributed by atoms with E-state index in [1.54, 1.807) is 0 Å². The highest BCUT2D eigenvalue weighted by atomic mass is 35.5. The van der Waals surface area contributed by atoms with Gasteiger partial charge in [0.15, 0.2) is 5.75 Å². The van der Waals surface area contributed by atoms with Gasteiger partial charge in [0.05, 0.1) is 10.6 Å². The molecule has 118 valence electrons. The van der Waals surface area contributed by atoms with Crippen LogP contribution in [0.15, 0.2) is 53.4 Å². The standard InChI is InChI=1S/C13H9ClF3NO3S/c14-9-4-3-5-10(8-9)22(19,20)18-11-6-1-2-7-12(11)21-13(15,16)17/h1-8,18H. The predicted molar refractivity (Wildman–Crippen MR) is 75.4 cm³/mol. The smallest absolute Gasteiger partial charge is 0.404 e. The fourth-order valence-corrected chi connectivity index (χ4v) is 2.97. The number of rotatable bonds is 4. The number of anilines is 1. The molecule has 0 radical (unpaired) electrons. The van der Waals surface area contributed by atoms with E-state index in [1.807, 2.05) is 4.72 Å². The van der Waals surface area contributed by atoms with Crippen molar-refractivity contribution in [2.24, 2.45) is 0 Å². The molecule has 2 aromatic carbocycles. The number of benzene rings is 2. The molecule has 0 spiro atoms. The van der Waals surface area contributed by atoms with Crippen LogP contribution in [0.5, 0.6) is 5.75 Å². The number of hydrogen-bond donors (Lipinski definition) is 1. The molecule has 0 bridgehead atoms. The second-order valence-corrected chi connectivity index (χ2v) is 6.23. The zero-order chi connectivity index (χ0) is 16.4. The second-order valence-electron chi connectivity index (χ2n) is 4.11. The average molecular weight is 352 g/mol. The Morgan fingerprint density at radius 2 is 1.73 bits per heavy atom. The van der Waals surface area contributed by atoms with Gasteiger partial charge in [0.25, 0.3) is 10.0 Å². The Labute approximate surface area is 129 Å². The molecule has 0 unspecified atom stereocenters. The Kier molecular flexibility index (Phi) is 4.52. The van der Waals surface area contributed by atoms with Crippen LogP contribution in [0.4, 0.5) is 18.9 Å². The summed E-state index contributed by atoms with van der Waals surface area (Å²) in [5, 5.41) is 0.183. The third-order valence-electron chi connectivity index (χ3n) is 2.46. The van der Waals surface area contributed by atoms with Gasteiger partial charge in [-0.15, -0.1) is 13.2 Å². The summed E-state index contributed by atoms with van der Waals surface area (Å²) in [4.78, 5) is -0.179. The van der Waals surface area contributed by atoms with Crippen molar-refractivity contribution in [3.8, 4) is 5.75 Å². The van der Waals surface area contributed by atoms with E-state index in [9.17, 15) is 21.6 Å². The van der Waals surface area contributed by atoms with Crippen molar-refractivity contribution in [2.75, 3.05) is 4.72 Å². The monoisotopic (exact) mass is 351 g/mol. The average Bonchev–Trinajstić information content (AvgIpc) is 2.39. The third-order valence-corrected chi connectivity index (χ3v) is 4.06. The summed E-state index contributed by atoms with van der Waals surface area (Å²) in [7, 11) is -4.10. The first-order valence-corrected chi connectivity index (χ1v) is 7.67. The zero-order valence-electron chi connectivity index (χ0n) is 10.8. The van der Waals surface area contributed by atoms with Crippen molar-refractivity contribution in [1.29, 1.82) is 0 Å². The van der Waals surface area contributed by atoms with Crippen LogP contribution >= 0.6 is 11.6 Å². The minimum atomic E-state index is -4.93. The summed E-state index contributed by atoms with van der Waals surface area (Å²) in [5.74, 6) is -0.652. The molecule has 22 heavy (non-hydrogen) atoms. The lowest BCUT2D eigenvalue weighted by Gasteiger charge is -2.14. The van der Waals surface area contributed by atoms with Crippen LogP contribution in [0.2, 0.25) is 5.02 Å². The number of nitrogens with one attached hydrogen (secondary N) is 1. The first-order chi connectivity index (χ1) is 10.2. The molecule has 0 amide bonds. The summed E-state index contributed by atoms with van der Waals surface area (Å²) in [6.07, 6.45) is -4.93. The number of ether oxygens (including phenoxy) is 1. The Morgan fingerprint density at radius 1 is 1.05 bits per heavy atom. The maximum Gasteiger partial charge on any atom is 0.573 e. The van der Waals surface area contributed by atoms with Crippen molar-refractivity contribution >= 4 is 27.3 Å². The molecule has 0 aromatic heterocycles. The van der Waals surface area contributed by atoms with E-state index in [2.05, 4.69) is 4.74 Å². The lowest BCUT2D eigenvalue weighted by Crippen LogP contribution is -2.19. The molecule has 0 saturated carbocycles. The highest BCUT2D eigenvalue weighted by Crippen LogP contribution is 2.31. The number of para-hydroxylation sites is 2. The Balaban J connectivity index is 2.34. The normalized spacial score (nSPS) is 12.0.